The lowest BCUT2D eigenvalue weighted by atomic mass is 9.95. The first-order valence-electron chi connectivity index (χ1n) is 16.2. The van der Waals surface area contributed by atoms with Crippen molar-refractivity contribution in [2.45, 2.75) is 39.2 Å². The van der Waals surface area contributed by atoms with Crippen LogP contribution in [-0.2, 0) is 6.42 Å². The average molecular weight is 597 g/mol. The largest absolute Gasteiger partial charge is 0.333 e. The molecule has 6 aromatic rings. The Bertz CT molecular complexity index is 2170. The molecule has 1 unspecified atom stereocenters. The summed E-state index contributed by atoms with van der Waals surface area (Å²) in [6.07, 6.45) is 9.85. The number of anilines is 2. The van der Waals surface area contributed by atoms with Crippen LogP contribution in [0.3, 0.4) is 0 Å². The van der Waals surface area contributed by atoms with Crippen LogP contribution in [0.4, 0.5) is 17.1 Å². The Kier molecular flexibility index (Phi) is 7.18. The monoisotopic (exact) mass is 596 g/mol. The van der Waals surface area contributed by atoms with E-state index in [-0.39, 0.29) is 6.04 Å². The Labute approximate surface area is 270 Å². The van der Waals surface area contributed by atoms with Crippen LogP contribution in [0.25, 0.3) is 28.1 Å². The Morgan fingerprint density at radius 2 is 1.59 bits per heavy atom. The summed E-state index contributed by atoms with van der Waals surface area (Å²) < 4.78 is 2.33. The van der Waals surface area contributed by atoms with E-state index in [0.29, 0.717) is 0 Å². The number of allylic oxidation sites excluding steroid dienone is 4. The summed E-state index contributed by atoms with van der Waals surface area (Å²) in [7, 11) is 0. The van der Waals surface area contributed by atoms with Crippen LogP contribution < -0.4 is 4.90 Å². The number of para-hydroxylation sites is 5. The Balaban J connectivity index is 1.35. The maximum absolute atomic E-state index is 5.28. The third kappa shape index (κ3) is 5.06. The van der Waals surface area contributed by atoms with Gasteiger partial charge in [0, 0.05) is 28.3 Å². The summed E-state index contributed by atoms with van der Waals surface area (Å²) in [4.78, 5) is 12.9. The van der Waals surface area contributed by atoms with Gasteiger partial charge >= 0.3 is 0 Å². The van der Waals surface area contributed by atoms with E-state index in [9.17, 15) is 0 Å². The lowest BCUT2D eigenvalue weighted by Crippen LogP contribution is -2.20. The van der Waals surface area contributed by atoms with E-state index >= 15 is 0 Å². The summed E-state index contributed by atoms with van der Waals surface area (Å²) in [5.74, 6) is 0.951. The van der Waals surface area contributed by atoms with Crippen LogP contribution in [0.5, 0.6) is 0 Å². The second kappa shape index (κ2) is 11.8. The molecule has 0 radical (unpaired) electrons. The molecule has 0 fully saturated rings. The summed E-state index contributed by atoms with van der Waals surface area (Å²) in [6, 6.07) is 43.5. The highest BCUT2D eigenvalue weighted by atomic mass is 15.2. The molecule has 224 valence electrons. The Morgan fingerprint density at radius 3 is 2.43 bits per heavy atom. The second-order valence-corrected chi connectivity index (χ2v) is 12.2. The van der Waals surface area contributed by atoms with Crippen LogP contribution >= 0.6 is 0 Å². The first kappa shape index (κ1) is 28.0. The number of hydrogen-bond acceptors (Lipinski definition) is 3. The molecule has 0 bridgehead atoms. The van der Waals surface area contributed by atoms with Crippen molar-refractivity contribution in [3.8, 4) is 11.4 Å². The minimum absolute atomic E-state index is 0.122. The smallest absolute Gasteiger partial charge is 0.145 e. The predicted octanol–water partition coefficient (Wildman–Crippen LogP) is 10.8. The van der Waals surface area contributed by atoms with Crippen LogP contribution in [0.15, 0.2) is 145 Å². The van der Waals surface area contributed by atoms with Crippen molar-refractivity contribution in [1.29, 1.82) is 0 Å². The normalized spacial score (nSPS) is 16.1. The van der Waals surface area contributed by atoms with Gasteiger partial charge in [-0.2, -0.15) is 0 Å². The van der Waals surface area contributed by atoms with Crippen LogP contribution in [0.1, 0.15) is 48.1 Å². The molecule has 1 atom stereocenters. The summed E-state index contributed by atoms with van der Waals surface area (Å²) in [5, 5.41) is 0. The molecule has 0 saturated carbocycles. The van der Waals surface area contributed by atoms with Crippen molar-refractivity contribution in [1.82, 2.24) is 9.55 Å². The van der Waals surface area contributed by atoms with E-state index in [0.717, 1.165) is 64.2 Å². The van der Waals surface area contributed by atoms with E-state index in [1.54, 1.807) is 0 Å². The van der Waals surface area contributed by atoms with Gasteiger partial charge < -0.3 is 4.90 Å². The van der Waals surface area contributed by atoms with Gasteiger partial charge in [0.1, 0.15) is 5.82 Å². The van der Waals surface area contributed by atoms with E-state index in [4.69, 9.17) is 9.98 Å². The molecular weight excluding hydrogens is 560 g/mol. The van der Waals surface area contributed by atoms with Gasteiger partial charge in [-0.25, -0.2) is 4.98 Å². The molecule has 0 amide bonds. The van der Waals surface area contributed by atoms with Crippen molar-refractivity contribution in [2.24, 2.45) is 4.99 Å². The number of fused-ring (bicyclic) bond motifs is 2. The van der Waals surface area contributed by atoms with E-state index in [2.05, 4.69) is 163 Å². The zero-order valence-corrected chi connectivity index (χ0v) is 26.3. The third-order valence-electron chi connectivity index (χ3n) is 9.22. The van der Waals surface area contributed by atoms with Gasteiger partial charge in [0.25, 0.3) is 0 Å². The number of imidazole rings is 1. The van der Waals surface area contributed by atoms with E-state index < -0.39 is 0 Å². The number of rotatable bonds is 6. The number of aromatic nitrogens is 2. The predicted molar refractivity (Wildman–Crippen MR) is 192 cm³/mol. The van der Waals surface area contributed by atoms with Gasteiger partial charge in [0.15, 0.2) is 0 Å². The molecule has 46 heavy (non-hydrogen) atoms. The minimum Gasteiger partial charge on any atom is -0.333 e. The molecular formula is C42H36N4. The number of hydrogen-bond donors (Lipinski definition) is 0. The molecule has 0 saturated heterocycles. The number of aliphatic imine (C=N–C) groups is 1. The van der Waals surface area contributed by atoms with Crippen molar-refractivity contribution in [3.05, 3.63) is 162 Å². The fourth-order valence-electron chi connectivity index (χ4n) is 6.92. The third-order valence-corrected chi connectivity index (χ3v) is 9.22. The lowest BCUT2D eigenvalue weighted by molar-refractivity contribution is 0.743. The SMILES string of the molecule is CC(=Nc1ccccc1C)c1cc(-c2nc3ccccc3n2C2=CCCC=C2)cc(C2Cc3ccccc3N2c2ccccc2)c1. The molecule has 5 aromatic carbocycles. The molecule has 2 aliphatic rings. The first-order valence-corrected chi connectivity index (χ1v) is 16.2. The fourth-order valence-corrected chi connectivity index (χ4v) is 6.92. The van der Waals surface area contributed by atoms with E-state index in [1.165, 1.54) is 28.2 Å². The highest BCUT2D eigenvalue weighted by molar-refractivity contribution is 6.02. The molecule has 2 heterocycles. The maximum Gasteiger partial charge on any atom is 0.145 e. The van der Waals surface area contributed by atoms with Gasteiger partial charge in [-0.15, -0.1) is 0 Å². The topological polar surface area (TPSA) is 33.4 Å². The Hall–Kier alpha value is -5.48. The maximum atomic E-state index is 5.28. The zero-order chi connectivity index (χ0) is 31.0. The molecule has 4 nitrogen and oxygen atoms in total. The molecule has 1 aliphatic heterocycles. The molecule has 0 spiro atoms. The molecule has 1 aliphatic carbocycles. The van der Waals surface area contributed by atoms with Gasteiger partial charge in [0.2, 0.25) is 0 Å². The highest BCUT2D eigenvalue weighted by Gasteiger charge is 2.32. The number of benzene rings is 5. The van der Waals surface area contributed by atoms with Crippen molar-refractivity contribution in [2.75, 3.05) is 4.90 Å². The second-order valence-electron chi connectivity index (χ2n) is 12.2. The molecule has 1 aromatic heterocycles. The first-order chi connectivity index (χ1) is 22.6. The molecule has 0 N–H and O–H groups in total. The van der Waals surface area contributed by atoms with Crippen LogP contribution in [-0.4, -0.2) is 15.3 Å². The van der Waals surface area contributed by atoms with Gasteiger partial charge in [0.05, 0.1) is 22.8 Å². The molecule has 4 heteroatoms. The van der Waals surface area contributed by atoms with Gasteiger partial charge in [-0.05, 0) is 116 Å². The standard InChI is InChI=1S/C42H36N4/c1-29-15-9-11-21-37(29)43-30(2)32-25-33(41-28-31-16-10-13-23-39(31)45(41)35-17-5-3-6-18-35)27-34(26-32)42-44-38-22-12-14-24-40(38)46(42)36-19-7-4-8-20-36/h3,5-7,9-27,41H,4,8,28H2,1-2H3. The highest BCUT2D eigenvalue weighted by Crippen LogP contribution is 2.46. The van der Waals surface area contributed by atoms with Crippen LogP contribution in [0.2, 0.25) is 0 Å². The number of nitrogens with zero attached hydrogens (tertiary/aromatic N) is 4. The summed E-state index contributed by atoms with van der Waals surface area (Å²) in [5.41, 5.74) is 13.7. The van der Waals surface area contributed by atoms with Gasteiger partial charge in [-0.1, -0.05) is 78.9 Å². The summed E-state index contributed by atoms with van der Waals surface area (Å²) >= 11 is 0. The molecule has 8 rings (SSSR count). The quantitative estimate of drug-likeness (QED) is 0.179. The van der Waals surface area contributed by atoms with Gasteiger partial charge in [-0.3, -0.25) is 9.56 Å². The lowest BCUT2D eigenvalue weighted by Gasteiger charge is -2.29. The fraction of sp³-hybridized carbons (Fsp3) is 0.143. The average Bonchev–Trinajstić information content (AvgIpc) is 3.69. The van der Waals surface area contributed by atoms with E-state index in [1.807, 2.05) is 0 Å². The Morgan fingerprint density at radius 1 is 0.804 bits per heavy atom. The zero-order valence-electron chi connectivity index (χ0n) is 26.3. The minimum atomic E-state index is 0.122. The van der Waals surface area contributed by atoms with Crippen LogP contribution in [0, 0.1) is 6.92 Å². The number of aryl methyl sites for hydroxylation is 1. The summed E-state index contributed by atoms with van der Waals surface area (Å²) in [6.45, 7) is 4.25. The van der Waals surface area contributed by atoms with Crippen molar-refractivity contribution >= 4 is 39.5 Å². The van der Waals surface area contributed by atoms with Crippen molar-refractivity contribution < 1.29 is 0 Å². The van der Waals surface area contributed by atoms with Crippen molar-refractivity contribution in [3.63, 3.8) is 0 Å².